The smallest absolute Gasteiger partial charge is 0.351 e. The highest BCUT2D eigenvalue weighted by Gasteiger charge is 2.12. The Labute approximate surface area is 92.1 Å². The maximum atomic E-state index is 11.5. The minimum absolute atomic E-state index is 0.0848. The molecule has 0 spiro atoms. The molecule has 1 atom stereocenters. The van der Waals surface area contributed by atoms with E-state index >= 15 is 0 Å². The summed E-state index contributed by atoms with van der Waals surface area (Å²) in [5.74, 6) is 0.131. The Kier molecular flexibility index (Phi) is 4.90. The maximum absolute atomic E-state index is 11.5. The van der Waals surface area contributed by atoms with E-state index in [4.69, 9.17) is 20.7 Å². The Balaban J connectivity index is 2.87. The van der Waals surface area contributed by atoms with Crippen molar-refractivity contribution in [2.45, 2.75) is 12.6 Å². The Morgan fingerprint density at radius 1 is 1.50 bits per heavy atom. The van der Waals surface area contributed by atoms with E-state index in [9.17, 15) is 4.79 Å². The van der Waals surface area contributed by atoms with Crippen LogP contribution in [0.5, 0.6) is 0 Å². The lowest BCUT2D eigenvalue weighted by molar-refractivity contribution is -0.0306. The normalized spacial score (nSPS) is 12.6. The van der Waals surface area contributed by atoms with Crippen molar-refractivity contribution in [1.29, 1.82) is 0 Å². The van der Waals surface area contributed by atoms with Crippen LogP contribution in [-0.2, 0) is 4.74 Å². The number of aliphatic hydroxyl groups excluding tert-OH is 2. The molecule has 7 heteroatoms. The van der Waals surface area contributed by atoms with Gasteiger partial charge in [0.05, 0.1) is 13.2 Å². The summed E-state index contributed by atoms with van der Waals surface area (Å²) in [7, 11) is 0. The van der Waals surface area contributed by atoms with Gasteiger partial charge in [0.2, 0.25) is 0 Å². The summed E-state index contributed by atoms with van der Waals surface area (Å²) >= 11 is 0. The van der Waals surface area contributed by atoms with E-state index in [0.717, 1.165) is 0 Å². The fourth-order valence-corrected chi connectivity index (χ4v) is 1.25. The van der Waals surface area contributed by atoms with Crippen molar-refractivity contribution in [1.82, 2.24) is 9.55 Å². The van der Waals surface area contributed by atoms with Crippen LogP contribution in [0.4, 0.5) is 5.82 Å². The van der Waals surface area contributed by atoms with Crippen molar-refractivity contribution in [2.24, 2.45) is 0 Å². The molecular formula is C9H15N3O4. The second-order valence-corrected chi connectivity index (χ2v) is 3.10. The second kappa shape index (κ2) is 6.21. The van der Waals surface area contributed by atoms with Gasteiger partial charge in [0.15, 0.2) is 0 Å². The number of hydrogen-bond acceptors (Lipinski definition) is 6. The first-order valence-corrected chi connectivity index (χ1v) is 4.87. The predicted molar refractivity (Wildman–Crippen MR) is 56.7 cm³/mol. The zero-order valence-corrected chi connectivity index (χ0v) is 8.74. The van der Waals surface area contributed by atoms with Crippen LogP contribution in [0.3, 0.4) is 0 Å². The fourth-order valence-electron chi connectivity index (χ4n) is 1.25. The van der Waals surface area contributed by atoms with Crippen LogP contribution in [0.15, 0.2) is 17.1 Å². The van der Waals surface area contributed by atoms with Gasteiger partial charge in [-0.3, -0.25) is 4.57 Å². The SMILES string of the molecule is Nc1ccn([C@H](CCO)OCCO)c(=O)n1. The molecule has 0 aliphatic rings. The van der Waals surface area contributed by atoms with Gasteiger partial charge in [-0.05, 0) is 6.07 Å². The third-order valence-electron chi connectivity index (χ3n) is 1.94. The Morgan fingerprint density at radius 3 is 2.81 bits per heavy atom. The summed E-state index contributed by atoms with van der Waals surface area (Å²) in [4.78, 5) is 15.0. The van der Waals surface area contributed by atoms with Gasteiger partial charge in [0, 0.05) is 19.2 Å². The highest BCUT2D eigenvalue weighted by Crippen LogP contribution is 2.10. The van der Waals surface area contributed by atoms with Crippen LogP contribution >= 0.6 is 0 Å². The van der Waals surface area contributed by atoms with Crippen molar-refractivity contribution in [3.05, 3.63) is 22.7 Å². The lowest BCUT2D eigenvalue weighted by Gasteiger charge is -2.18. The van der Waals surface area contributed by atoms with E-state index in [1.54, 1.807) is 0 Å². The maximum Gasteiger partial charge on any atom is 0.351 e. The molecule has 0 unspecified atom stereocenters. The topological polar surface area (TPSA) is 111 Å². The number of nitrogen functional groups attached to an aromatic ring is 1. The number of hydrogen-bond donors (Lipinski definition) is 3. The summed E-state index contributed by atoms with van der Waals surface area (Å²) in [6, 6.07) is 1.47. The minimum atomic E-state index is -0.641. The van der Waals surface area contributed by atoms with Crippen LogP contribution in [-0.4, -0.2) is 39.6 Å². The molecule has 0 saturated heterocycles. The third-order valence-corrected chi connectivity index (χ3v) is 1.94. The molecule has 1 aromatic rings. The Morgan fingerprint density at radius 2 is 2.25 bits per heavy atom. The number of aliphatic hydroxyl groups is 2. The average Bonchev–Trinajstić information content (AvgIpc) is 2.25. The first kappa shape index (κ1) is 12.6. The molecule has 0 aromatic carbocycles. The molecule has 1 rings (SSSR count). The minimum Gasteiger partial charge on any atom is -0.396 e. The van der Waals surface area contributed by atoms with Crippen molar-refractivity contribution in [3.63, 3.8) is 0 Å². The molecule has 0 radical (unpaired) electrons. The summed E-state index contributed by atoms with van der Waals surface area (Å²) in [5, 5.41) is 17.5. The summed E-state index contributed by atoms with van der Waals surface area (Å²) < 4.78 is 6.44. The van der Waals surface area contributed by atoms with Gasteiger partial charge in [-0.25, -0.2) is 4.79 Å². The van der Waals surface area contributed by atoms with Crippen LogP contribution in [0.2, 0.25) is 0 Å². The van der Waals surface area contributed by atoms with Crippen molar-refractivity contribution < 1.29 is 14.9 Å². The van der Waals surface area contributed by atoms with Crippen LogP contribution in [0.1, 0.15) is 12.6 Å². The molecule has 0 fully saturated rings. The van der Waals surface area contributed by atoms with E-state index in [1.165, 1.54) is 16.8 Å². The molecule has 7 nitrogen and oxygen atoms in total. The highest BCUT2D eigenvalue weighted by atomic mass is 16.5. The molecule has 1 heterocycles. The monoisotopic (exact) mass is 229 g/mol. The van der Waals surface area contributed by atoms with Gasteiger partial charge in [-0.15, -0.1) is 0 Å². The molecule has 90 valence electrons. The number of nitrogens with zero attached hydrogens (tertiary/aromatic N) is 2. The van der Waals surface area contributed by atoms with Crippen LogP contribution in [0, 0.1) is 0 Å². The number of rotatable bonds is 6. The number of nitrogens with two attached hydrogens (primary N) is 1. The summed E-state index contributed by atoms with van der Waals surface area (Å²) in [5.41, 5.74) is 4.80. The molecule has 0 bridgehead atoms. The lowest BCUT2D eigenvalue weighted by atomic mass is 10.4. The highest BCUT2D eigenvalue weighted by molar-refractivity contribution is 5.23. The zero-order chi connectivity index (χ0) is 12.0. The van der Waals surface area contributed by atoms with Gasteiger partial charge in [-0.1, -0.05) is 0 Å². The average molecular weight is 229 g/mol. The van der Waals surface area contributed by atoms with E-state index in [2.05, 4.69) is 4.98 Å². The van der Waals surface area contributed by atoms with Gasteiger partial charge >= 0.3 is 5.69 Å². The molecule has 4 N–H and O–H groups in total. The van der Waals surface area contributed by atoms with E-state index in [0.29, 0.717) is 0 Å². The molecule has 0 aliphatic carbocycles. The predicted octanol–water partition coefficient (Wildman–Crippen LogP) is -1.28. The number of anilines is 1. The molecule has 1 aromatic heterocycles. The standard InChI is InChI=1S/C9H15N3O4/c10-7-1-3-12(9(15)11-7)8(2-4-13)16-6-5-14/h1,3,8,13-14H,2,4-6H2,(H2,10,11,15)/t8-/m0/s1. The van der Waals surface area contributed by atoms with Gasteiger partial charge in [0.1, 0.15) is 12.0 Å². The Bertz CT molecular complexity index is 379. The van der Waals surface area contributed by atoms with Crippen molar-refractivity contribution in [3.8, 4) is 0 Å². The number of ether oxygens (including phenoxy) is 1. The van der Waals surface area contributed by atoms with Crippen LogP contribution in [0.25, 0.3) is 0 Å². The lowest BCUT2D eigenvalue weighted by Crippen LogP contribution is -2.29. The third kappa shape index (κ3) is 3.30. The summed E-state index contributed by atoms with van der Waals surface area (Å²) in [6.07, 6.45) is 1.05. The van der Waals surface area contributed by atoms with E-state index < -0.39 is 11.9 Å². The number of aromatic nitrogens is 2. The van der Waals surface area contributed by atoms with E-state index in [1.807, 2.05) is 0 Å². The quantitative estimate of drug-likeness (QED) is 0.560. The largest absolute Gasteiger partial charge is 0.396 e. The molecule has 0 saturated carbocycles. The second-order valence-electron chi connectivity index (χ2n) is 3.10. The molecule has 16 heavy (non-hydrogen) atoms. The van der Waals surface area contributed by atoms with Crippen molar-refractivity contribution in [2.75, 3.05) is 25.6 Å². The van der Waals surface area contributed by atoms with Gasteiger partial charge in [-0.2, -0.15) is 4.98 Å². The fraction of sp³-hybridized carbons (Fsp3) is 0.556. The van der Waals surface area contributed by atoms with Crippen LogP contribution < -0.4 is 11.4 Å². The summed E-state index contributed by atoms with van der Waals surface area (Å²) in [6.45, 7) is -0.201. The Hall–Kier alpha value is -1.44. The first-order valence-electron chi connectivity index (χ1n) is 4.87. The zero-order valence-electron chi connectivity index (χ0n) is 8.74. The van der Waals surface area contributed by atoms with Gasteiger partial charge in [0.25, 0.3) is 0 Å². The molecular weight excluding hydrogens is 214 g/mol. The van der Waals surface area contributed by atoms with E-state index in [-0.39, 0.29) is 32.1 Å². The van der Waals surface area contributed by atoms with Gasteiger partial charge < -0.3 is 20.7 Å². The van der Waals surface area contributed by atoms with Crippen molar-refractivity contribution >= 4 is 5.82 Å². The first-order chi connectivity index (χ1) is 7.69. The molecule has 0 aliphatic heterocycles. The molecule has 0 amide bonds.